The molecule has 0 aliphatic rings. The summed E-state index contributed by atoms with van der Waals surface area (Å²) in [6, 6.07) is 1.98. The minimum absolute atomic E-state index is 0.162. The van der Waals surface area contributed by atoms with E-state index in [2.05, 4.69) is 19.6 Å². The summed E-state index contributed by atoms with van der Waals surface area (Å²) in [5.41, 5.74) is 0.162. The lowest BCUT2D eigenvalue weighted by Crippen LogP contribution is -2.07. The van der Waals surface area contributed by atoms with Gasteiger partial charge in [0, 0.05) is 18.1 Å². The molecule has 0 unspecified atom stereocenters. The van der Waals surface area contributed by atoms with Crippen molar-refractivity contribution in [3.05, 3.63) is 5.69 Å². The minimum atomic E-state index is -0.529. The fourth-order valence-electron chi connectivity index (χ4n) is 0.769. The number of carbonyl (C=O) groups is 1. The molecule has 1 heterocycles. The third-order valence-electron chi connectivity index (χ3n) is 1.39. The van der Waals surface area contributed by atoms with Gasteiger partial charge >= 0.3 is 5.97 Å². The molecule has 0 bridgehead atoms. The third kappa shape index (κ3) is 2.40. The second kappa shape index (κ2) is 5.14. The van der Waals surface area contributed by atoms with E-state index in [9.17, 15) is 4.79 Å². The summed E-state index contributed by atoms with van der Waals surface area (Å²) < 4.78 is 8.12. The number of nitriles is 1. The first-order valence-corrected chi connectivity index (χ1v) is 4.58. The summed E-state index contributed by atoms with van der Waals surface area (Å²) in [6.07, 6.45) is 0.360. The topological polar surface area (TPSA) is 87.9 Å². The fraction of sp³-hybridized carbons (Fsp3) is 0.429. The van der Waals surface area contributed by atoms with Crippen LogP contribution in [0.1, 0.15) is 16.9 Å². The van der Waals surface area contributed by atoms with E-state index >= 15 is 0 Å². The highest BCUT2D eigenvalue weighted by molar-refractivity contribution is 7.10. The fourth-order valence-corrected chi connectivity index (χ4v) is 1.35. The van der Waals surface area contributed by atoms with Gasteiger partial charge in [-0.05, 0) is 0 Å². The molecular weight excluding hydrogens is 204 g/mol. The molecule has 0 atom stereocenters. The molecule has 1 aromatic heterocycles. The maximum absolute atomic E-state index is 11.1. The molecule has 0 saturated carbocycles. The van der Waals surface area contributed by atoms with Crippen LogP contribution in [-0.2, 0) is 4.74 Å². The lowest BCUT2D eigenvalue weighted by molar-refractivity contribution is 0.0595. The van der Waals surface area contributed by atoms with Crippen LogP contribution in [0.3, 0.4) is 0 Å². The van der Waals surface area contributed by atoms with Gasteiger partial charge in [-0.15, -0.1) is 5.10 Å². The summed E-state index contributed by atoms with van der Waals surface area (Å²) in [5.74, 6) is -0.529. The Balaban J connectivity index is 2.64. The lowest BCUT2D eigenvalue weighted by Gasteiger charge is -2.00. The molecule has 1 rings (SSSR count). The standard InChI is InChI=1S/C7H8N4O2S/c1-13-7(12)5-6(14-11-10-5)9-4-2-3-8/h9H,2,4H2,1H3. The summed E-state index contributed by atoms with van der Waals surface area (Å²) >= 11 is 1.06. The first-order valence-electron chi connectivity index (χ1n) is 3.81. The van der Waals surface area contributed by atoms with Gasteiger partial charge in [-0.1, -0.05) is 4.49 Å². The van der Waals surface area contributed by atoms with Gasteiger partial charge in [0.1, 0.15) is 5.00 Å². The summed E-state index contributed by atoms with van der Waals surface area (Å²) in [7, 11) is 1.28. The molecule has 0 saturated heterocycles. The van der Waals surface area contributed by atoms with Gasteiger partial charge in [0.05, 0.1) is 19.6 Å². The monoisotopic (exact) mass is 212 g/mol. The molecule has 0 fully saturated rings. The number of rotatable bonds is 4. The molecule has 0 amide bonds. The van der Waals surface area contributed by atoms with Crippen LogP contribution in [0.2, 0.25) is 0 Å². The van der Waals surface area contributed by atoms with Crippen LogP contribution in [0.15, 0.2) is 0 Å². The first kappa shape index (κ1) is 10.4. The SMILES string of the molecule is COC(=O)c1nnsc1NCCC#N. The Morgan fingerprint density at radius 3 is 3.21 bits per heavy atom. The van der Waals surface area contributed by atoms with Crippen molar-refractivity contribution in [1.82, 2.24) is 9.59 Å². The molecule has 6 nitrogen and oxygen atoms in total. The molecule has 7 heteroatoms. The van der Waals surface area contributed by atoms with Crippen molar-refractivity contribution in [3.8, 4) is 6.07 Å². The van der Waals surface area contributed by atoms with E-state index in [1.54, 1.807) is 0 Å². The third-order valence-corrected chi connectivity index (χ3v) is 2.07. The van der Waals surface area contributed by atoms with Crippen molar-refractivity contribution >= 4 is 22.5 Å². The number of esters is 1. The number of hydrogen-bond acceptors (Lipinski definition) is 7. The predicted octanol–water partition coefficient (Wildman–Crippen LogP) is 0.650. The Bertz CT molecular complexity index is 357. The van der Waals surface area contributed by atoms with E-state index in [1.807, 2.05) is 6.07 Å². The second-order valence-electron chi connectivity index (χ2n) is 2.28. The molecule has 1 N–H and O–H groups in total. The Labute approximate surface area is 84.7 Å². The zero-order valence-corrected chi connectivity index (χ0v) is 8.30. The molecule has 1 aromatic rings. The van der Waals surface area contributed by atoms with Gasteiger partial charge in [-0.25, -0.2) is 4.79 Å². The smallest absolute Gasteiger partial charge is 0.361 e. The van der Waals surface area contributed by atoms with E-state index in [0.29, 0.717) is 18.0 Å². The van der Waals surface area contributed by atoms with Gasteiger partial charge in [0.2, 0.25) is 5.69 Å². The van der Waals surface area contributed by atoms with E-state index < -0.39 is 5.97 Å². The molecule has 0 spiro atoms. The van der Waals surface area contributed by atoms with Crippen LogP contribution in [0.4, 0.5) is 5.00 Å². The molecule has 0 aliphatic carbocycles. The zero-order chi connectivity index (χ0) is 10.4. The van der Waals surface area contributed by atoms with Crippen LogP contribution in [0, 0.1) is 11.3 Å². The average Bonchev–Trinajstić information content (AvgIpc) is 2.65. The molecule has 0 aliphatic heterocycles. The van der Waals surface area contributed by atoms with Crippen LogP contribution < -0.4 is 5.32 Å². The molecular formula is C7H8N4O2S. The first-order chi connectivity index (χ1) is 6.79. The number of carbonyl (C=O) groups excluding carboxylic acids is 1. The van der Waals surface area contributed by atoms with Crippen molar-refractivity contribution in [1.29, 1.82) is 5.26 Å². The van der Waals surface area contributed by atoms with E-state index in [-0.39, 0.29) is 5.69 Å². The number of nitrogens with zero attached hydrogens (tertiary/aromatic N) is 3. The quantitative estimate of drug-likeness (QED) is 0.582. The number of nitrogens with one attached hydrogen (secondary N) is 1. The summed E-state index contributed by atoms with van der Waals surface area (Å²) in [4.78, 5) is 11.1. The second-order valence-corrected chi connectivity index (χ2v) is 3.03. The Kier molecular flexibility index (Phi) is 3.82. The van der Waals surface area contributed by atoms with Crippen molar-refractivity contribution in [3.63, 3.8) is 0 Å². The van der Waals surface area contributed by atoms with Crippen molar-refractivity contribution in [2.24, 2.45) is 0 Å². The molecule has 0 aromatic carbocycles. The van der Waals surface area contributed by atoms with Crippen LogP contribution in [-0.4, -0.2) is 29.2 Å². The van der Waals surface area contributed by atoms with Gasteiger partial charge in [0.25, 0.3) is 0 Å². The zero-order valence-electron chi connectivity index (χ0n) is 7.48. The van der Waals surface area contributed by atoms with E-state index in [4.69, 9.17) is 5.26 Å². The van der Waals surface area contributed by atoms with Crippen molar-refractivity contribution < 1.29 is 9.53 Å². The van der Waals surface area contributed by atoms with Gasteiger partial charge in [-0.2, -0.15) is 5.26 Å². The molecule has 0 radical (unpaired) electrons. The lowest BCUT2D eigenvalue weighted by atomic mass is 10.4. The summed E-state index contributed by atoms with van der Waals surface area (Å²) in [6.45, 7) is 0.463. The predicted molar refractivity (Wildman–Crippen MR) is 50.0 cm³/mol. The Morgan fingerprint density at radius 2 is 2.57 bits per heavy atom. The highest BCUT2D eigenvalue weighted by Gasteiger charge is 2.16. The van der Waals surface area contributed by atoms with Gasteiger partial charge < -0.3 is 10.1 Å². The number of methoxy groups -OCH3 is 1. The maximum Gasteiger partial charge on any atom is 0.361 e. The van der Waals surface area contributed by atoms with Gasteiger partial charge in [0.15, 0.2) is 0 Å². The highest BCUT2D eigenvalue weighted by atomic mass is 32.1. The average molecular weight is 212 g/mol. The van der Waals surface area contributed by atoms with Crippen LogP contribution >= 0.6 is 11.5 Å². The maximum atomic E-state index is 11.1. The minimum Gasteiger partial charge on any atom is -0.464 e. The van der Waals surface area contributed by atoms with Crippen LogP contribution in [0.5, 0.6) is 0 Å². The number of hydrogen-bond donors (Lipinski definition) is 1. The van der Waals surface area contributed by atoms with Crippen LogP contribution in [0.25, 0.3) is 0 Å². The highest BCUT2D eigenvalue weighted by Crippen LogP contribution is 2.17. The summed E-state index contributed by atoms with van der Waals surface area (Å²) in [5, 5.41) is 15.3. The Hall–Kier alpha value is -1.68. The van der Waals surface area contributed by atoms with Gasteiger partial charge in [-0.3, -0.25) is 0 Å². The normalized spacial score (nSPS) is 9.14. The number of ether oxygens (including phenoxy) is 1. The number of anilines is 1. The Morgan fingerprint density at radius 1 is 1.79 bits per heavy atom. The van der Waals surface area contributed by atoms with E-state index in [0.717, 1.165) is 11.5 Å². The van der Waals surface area contributed by atoms with E-state index in [1.165, 1.54) is 7.11 Å². The molecule has 14 heavy (non-hydrogen) atoms. The van der Waals surface area contributed by atoms with Crippen molar-refractivity contribution in [2.75, 3.05) is 19.0 Å². The largest absolute Gasteiger partial charge is 0.464 e. The number of aromatic nitrogens is 2. The van der Waals surface area contributed by atoms with Crippen molar-refractivity contribution in [2.45, 2.75) is 6.42 Å². The molecule has 74 valence electrons.